The number of ether oxygens (including phenoxy) is 2. The molecule has 1 aromatic carbocycles. The molecule has 1 fully saturated rings. The third-order valence-electron chi connectivity index (χ3n) is 3.12. The molecule has 1 aliphatic rings. The van der Waals surface area contributed by atoms with E-state index < -0.39 is 0 Å². The van der Waals surface area contributed by atoms with Gasteiger partial charge in [-0.3, -0.25) is 0 Å². The number of para-hydroxylation sites is 2. The molecule has 0 spiro atoms. The van der Waals surface area contributed by atoms with Crippen molar-refractivity contribution in [2.24, 2.45) is 0 Å². The lowest BCUT2D eigenvalue weighted by Gasteiger charge is -2.13. The number of hydrogen-bond donors (Lipinski definition) is 2. The number of benzene rings is 1. The van der Waals surface area contributed by atoms with E-state index in [9.17, 15) is 0 Å². The smallest absolute Gasteiger partial charge is 0.141 e. The standard InChI is InChI=1S/C14H22N2O2/c1-17-14-7-3-2-6-13(14)16-9-8-15-11-12-5-4-10-18-12/h2-3,6-7,12,15-16H,4-5,8-11H2,1H3. The first kappa shape index (κ1) is 13.2. The molecule has 1 heterocycles. The molecule has 0 amide bonds. The van der Waals surface area contributed by atoms with Crippen molar-refractivity contribution in [2.45, 2.75) is 18.9 Å². The van der Waals surface area contributed by atoms with Crippen LogP contribution in [0.5, 0.6) is 5.75 Å². The SMILES string of the molecule is COc1ccccc1NCCNCC1CCCO1. The molecule has 0 aliphatic carbocycles. The van der Waals surface area contributed by atoms with Gasteiger partial charge in [0.2, 0.25) is 0 Å². The van der Waals surface area contributed by atoms with Gasteiger partial charge in [-0.1, -0.05) is 12.1 Å². The van der Waals surface area contributed by atoms with Crippen molar-refractivity contribution in [1.29, 1.82) is 0 Å². The second-order valence-electron chi connectivity index (χ2n) is 4.47. The lowest BCUT2D eigenvalue weighted by molar-refractivity contribution is 0.110. The average Bonchev–Trinajstić information content (AvgIpc) is 2.92. The normalized spacial score (nSPS) is 18.8. The summed E-state index contributed by atoms with van der Waals surface area (Å²) in [7, 11) is 1.69. The van der Waals surface area contributed by atoms with Gasteiger partial charge in [-0.2, -0.15) is 0 Å². The van der Waals surface area contributed by atoms with Gasteiger partial charge in [0.25, 0.3) is 0 Å². The second kappa shape index (κ2) is 7.24. The summed E-state index contributed by atoms with van der Waals surface area (Å²) in [5.41, 5.74) is 1.04. The Kier molecular flexibility index (Phi) is 5.30. The Hall–Kier alpha value is -1.26. The number of anilines is 1. The zero-order valence-corrected chi connectivity index (χ0v) is 10.9. The molecule has 0 bridgehead atoms. The second-order valence-corrected chi connectivity index (χ2v) is 4.47. The summed E-state index contributed by atoms with van der Waals surface area (Å²) in [6.07, 6.45) is 2.80. The largest absolute Gasteiger partial charge is 0.495 e. The van der Waals surface area contributed by atoms with E-state index in [0.717, 1.165) is 37.7 Å². The number of nitrogens with one attached hydrogen (secondary N) is 2. The molecule has 100 valence electrons. The first-order chi connectivity index (χ1) is 8.90. The predicted molar refractivity (Wildman–Crippen MR) is 73.3 cm³/mol. The van der Waals surface area contributed by atoms with E-state index in [1.54, 1.807) is 7.11 Å². The number of rotatable bonds is 7. The highest BCUT2D eigenvalue weighted by molar-refractivity contribution is 5.56. The summed E-state index contributed by atoms with van der Waals surface area (Å²) in [6.45, 7) is 3.68. The molecule has 4 nitrogen and oxygen atoms in total. The van der Waals surface area contributed by atoms with Crippen LogP contribution in [0.25, 0.3) is 0 Å². The average molecular weight is 250 g/mol. The Morgan fingerprint density at radius 2 is 2.22 bits per heavy atom. The first-order valence-electron chi connectivity index (χ1n) is 6.59. The molecule has 18 heavy (non-hydrogen) atoms. The van der Waals surface area contributed by atoms with E-state index in [0.29, 0.717) is 6.10 Å². The minimum absolute atomic E-state index is 0.413. The molecule has 0 radical (unpaired) electrons. The van der Waals surface area contributed by atoms with Crippen LogP contribution in [0.1, 0.15) is 12.8 Å². The van der Waals surface area contributed by atoms with Crippen molar-refractivity contribution in [3.8, 4) is 5.75 Å². The minimum Gasteiger partial charge on any atom is -0.495 e. The number of methoxy groups -OCH3 is 1. The zero-order valence-electron chi connectivity index (χ0n) is 10.9. The van der Waals surface area contributed by atoms with Gasteiger partial charge in [0.1, 0.15) is 5.75 Å². The highest BCUT2D eigenvalue weighted by atomic mass is 16.5. The van der Waals surface area contributed by atoms with Crippen LogP contribution in [0, 0.1) is 0 Å². The Balaban J connectivity index is 1.62. The molecule has 2 N–H and O–H groups in total. The maximum Gasteiger partial charge on any atom is 0.141 e. The fourth-order valence-electron chi connectivity index (χ4n) is 2.14. The van der Waals surface area contributed by atoms with Crippen LogP contribution >= 0.6 is 0 Å². The van der Waals surface area contributed by atoms with Gasteiger partial charge >= 0.3 is 0 Å². The van der Waals surface area contributed by atoms with Crippen LogP contribution in [-0.2, 0) is 4.74 Å². The maximum absolute atomic E-state index is 5.55. The van der Waals surface area contributed by atoms with E-state index in [1.165, 1.54) is 12.8 Å². The monoisotopic (exact) mass is 250 g/mol. The molecule has 4 heteroatoms. The van der Waals surface area contributed by atoms with Crippen LogP contribution in [0.3, 0.4) is 0 Å². The van der Waals surface area contributed by atoms with E-state index in [1.807, 2.05) is 24.3 Å². The van der Waals surface area contributed by atoms with Crippen molar-refractivity contribution in [2.75, 3.05) is 38.7 Å². The highest BCUT2D eigenvalue weighted by Gasteiger charge is 2.14. The van der Waals surface area contributed by atoms with E-state index in [2.05, 4.69) is 10.6 Å². The lowest BCUT2D eigenvalue weighted by atomic mass is 10.2. The third kappa shape index (κ3) is 3.89. The zero-order chi connectivity index (χ0) is 12.6. The quantitative estimate of drug-likeness (QED) is 0.725. The Morgan fingerprint density at radius 3 is 3.00 bits per heavy atom. The van der Waals surface area contributed by atoms with Gasteiger partial charge in [-0.15, -0.1) is 0 Å². The minimum atomic E-state index is 0.413. The van der Waals surface area contributed by atoms with Crippen LogP contribution in [0.15, 0.2) is 24.3 Å². The van der Waals surface area contributed by atoms with Crippen molar-refractivity contribution < 1.29 is 9.47 Å². The Labute approximate surface area is 109 Å². The van der Waals surface area contributed by atoms with Crippen molar-refractivity contribution >= 4 is 5.69 Å². The molecule has 1 aliphatic heterocycles. The fraction of sp³-hybridized carbons (Fsp3) is 0.571. The molecular weight excluding hydrogens is 228 g/mol. The van der Waals surface area contributed by atoms with Crippen LogP contribution in [-0.4, -0.2) is 39.5 Å². The highest BCUT2D eigenvalue weighted by Crippen LogP contribution is 2.22. The maximum atomic E-state index is 5.55. The predicted octanol–water partition coefficient (Wildman–Crippen LogP) is 1.88. The van der Waals surface area contributed by atoms with Crippen LogP contribution in [0.4, 0.5) is 5.69 Å². The van der Waals surface area contributed by atoms with Gasteiger partial charge in [0.05, 0.1) is 18.9 Å². The van der Waals surface area contributed by atoms with Crippen molar-refractivity contribution in [1.82, 2.24) is 5.32 Å². The summed E-state index contributed by atoms with van der Waals surface area (Å²) in [5, 5.41) is 6.77. The Morgan fingerprint density at radius 1 is 1.33 bits per heavy atom. The van der Waals surface area contributed by atoms with Gasteiger partial charge in [0, 0.05) is 26.2 Å². The van der Waals surface area contributed by atoms with Gasteiger partial charge in [-0.25, -0.2) is 0 Å². The first-order valence-corrected chi connectivity index (χ1v) is 6.59. The summed E-state index contributed by atoms with van der Waals surface area (Å²) >= 11 is 0. The summed E-state index contributed by atoms with van der Waals surface area (Å²) in [4.78, 5) is 0. The van der Waals surface area contributed by atoms with Crippen LogP contribution in [0.2, 0.25) is 0 Å². The molecule has 0 aromatic heterocycles. The number of hydrogen-bond acceptors (Lipinski definition) is 4. The van der Waals surface area contributed by atoms with E-state index in [4.69, 9.17) is 9.47 Å². The lowest BCUT2D eigenvalue weighted by Crippen LogP contribution is -2.30. The summed E-state index contributed by atoms with van der Waals surface area (Å²) < 4.78 is 10.8. The van der Waals surface area contributed by atoms with E-state index >= 15 is 0 Å². The van der Waals surface area contributed by atoms with Gasteiger partial charge < -0.3 is 20.1 Å². The van der Waals surface area contributed by atoms with Crippen molar-refractivity contribution in [3.63, 3.8) is 0 Å². The molecular formula is C14H22N2O2. The topological polar surface area (TPSA) is 42.5 Å². The molecule has 1 atom stereocenters. The fourth-order valence-corrected chi connectivity index (χ4v) is 2.14. The van der Waals surface area contributed by atoms with E-state index in [-0.39, 0.29) is 0 Å². The van der Waals surface area contributed by atoms with Crippen LogP contribution < -0.4 is 15.4 Å². The van der Waals surface area contributed by atoms with Gasteiger partial charge in [0.15, 0.2) is 0 Å². The summed E-state index contributed by atoms with van der Waals surface area (Å²) in [6, 6.07) is 7.96. The van der Waals surface area contributed by atoms with Crippen molar-refractivity contribution in [3.05, 3.63) is 24.3 Å². The summed E-state index contributed by atoms with van der Waals surface area (Å²) in [5.74, 6) is 0.886. The molecule has 1 saturated heterocycles. The Bertz CT molecular complexity index is 351. The third-order valence-corrected chi connectivity index (χ3v) is 3.12. The molecule has 1 unspecified atom stereocenters. The molecule has 1 aromatic rings. The molecule has 0 saturated carbocycles. The van der Waals surface area contributed by atoms with Gasteiger partial charge in [-0.05, 0) is 25.0 Å². The molecule has 2 rings (SSSR count).